The number of anilines is 1. The second kappa shape index (κ2) is 8.95. The third-order valence-corrected chi connectivity index (χ3v) is 4.54. The van der Waals surface area contributed by atoms with Crippen LogP contribution in [0.5, 0.6) is 5.75 Å². The number of carbonyl (C=O) groups excluding carboxylic acids is 1. The van der Waals surface area contributed by atoms with Crippen LogP contribution in [-0.4, -0.2) is 36.9 Å². The van der Waals surface area contributed by atoms with Gasteiger partial charge in [0, 0.05) is 25.8 Å². The largest absolute Gasteiger partial charge is 0.573 e. The van der Waals surface area contributed by atoms with E-state index < -0.39 is 6.36 Å². The summed E-state index contributed by atoms with van der Waals surface area (Å²) in [7, 11) is 0. The molecular weight excluding hydrogens is 371 g/mol. The Balaban J connectivity index is 1.55. The average Bonchev–Trinajstić information content (AvgIpc) is 2.69. The second-order valence-electron chi connectivity index (χ2n) is 6.62. The number of amides is 1. The van der Waals surface area contributed by atoms with Gasteiger partial charge >= 0.3 is 6.36 Å². The number of ether oxygens (including phenoxy) is 1. The SMILES string of the molecule is O=C(NCCc1ccc(OC(F)(F)F)cc1)c1cccnc1N1CCCCC1. The van der Waals surface area contributed by atoms with Crippen LogP contribution in [0.2, 0.25) is 0 Å². The first kappa shape index (κ1) is 20.0. The molecule has 0 saturated carbocycles. The summed E-state index contributed by atoms with van der Waals surface area (Å²) in [6, 6.07) is 9.13. The van der Waals surface area contributed by atoms with Gasteiger partial charge in [0.2, 0.25) is 0 Å². The van der Waals surface area contributed by atoms with E-state index >= 15 is 0 Å². The Bertz CT molecular complexity index is 788. The molecule has 0 radical (unpaired) electrons. The number of pyridine rings is 1. The molecule has 1 amide bonds. The fraction of sp³-hybridized carbons (Fsp3) is 0.400. The summed E-state index contributed by atoms with van der Waals surface area (Å²) in [6.45, 7) is 2.15. The molecular formula is C20H22F3N3O2. The van der Waals surface area contributed by atoms with Crippen molar-refractivity contribution in [1.29, 1.82) is 0 Å². The van der Waals surface area contributed by atoms with Crippen LogP contribution in [0.25, 0.3) is 0 Å². The second-order valence-corrected chi connectivity index (χ2v) is 6.62. The van der Waals surface area contributed by atoms with E-state index in [9.17, 15) is 18.0 Å². The third kappa shape index (κ3) is 5.61. The van der Waals surface area contributed by atoms with Gasteiger partial charge in [-0.3, -0.25) is 4.79 Å². The van der Waals surface area contributed by atoms with Gasteiger partial charge in [-0.05, 0) is 55.5 Å². The van der Waals surface area contributed by atoms with Crippen molar-refractivity contribution in [3.05, 3.63) is 53.7 Å². The first-order valence-corrected chi connectivity index (χ1v) is 9.25. The zero-order valence-corrected chi connectivity index (χ0v) is 15.3. The van der Waals surface area contributed by atoms with E-state index in [4.69, 9.17) is 0 Å². The third-order valence-electron chi connectivity index (χ3n) is 4.54. The van der Waals surface area contributed by atoms with Crippen LogP contribution in [0.4, 0.5) is 19.0 Å². The first-order chi connectivity index (χ1) is 13.4. The summed E-state index contributed by atoms with van der Waals surface area (Å²) < 4.78 is 40.4. The summed E-state index contributed by atoms with van der Waals surface area (Å²) in [5.74, 6) is 0.237. The van der Waals surface area contributed by atoms with Gasteiger partial charge in [-0.25, -0.2) is 4.98 Å². The van der Waals surface area contributed by atoms with E-state index in [1.165, 1.54) is 18.6 Å². The summed E-state index contributed by atoms with van der Waals surface area (Å²) in [4.78, 5) is 19.1. The predicted octanol–water partition coefficient (Wildman–Crippen LogP) is 3.94. The number of aromatic nitrogens is 1. The minimum atomic E-state index is -4.70. The van der Waals surface area contributed by atoms with Gasteiger partial charge in [0.1, 0.15) is 11.6 Å². The minimum Gasteiger partial charge on any atom is -0.406 e. The lowest BCUT2D eigenvalue weighted by atomic mass is 10.1. The van der Waals surface area contributed by atoms with Crippen LogP contribution < -0.4 is 15.0 Å². The first-order valence-electron chi connectivity index (χ1n) is 9.25. The Morgan fingerprint density at radius 1 is 1.11 bits per heavy atom. The Hall–Kier alpha value is -2.77. The number of halogens is 3. The van der Waals surface area contributed by atoms with Crippen LogP contribution in [-0.2, 0) is 6.42 Å². The summed E-state index contributed by atoms with van der Waals surface area (Å²) in [5, 5.41) is 2.86. The zero-order valence-electron chi connectivity index (χ0n) is 15.3. The summed E-state index contributed by atoms with van der Waals surface area (Å²) >= 11 is 0. The van der Waals surface area contributed by atoms with Crippen molar-refractivity contribution in [2.45, 2.75) is 32.0 Å². The number of alkyl halides is 3. The normalized spacial score (nSPS) is 14.6. The lowest BCUT2D eigenvalue weighted by molar-refractivity contribution is -0.274. The van der Waals surface area contributed by atoms with Crippen molar-refractivity contribution in [1.82, 2.24) is 10.3 Å². The molecule has 1 aromatic heterocycles. The van der Waals surface area contributed by atoms with Gasteiger partial charge in [0.05, 0.1) is 5.56 Å². The molecule has 1 fully saturated rings. The molecule has 2 aromatic rings. The number of nitrogens with one attached hydrogen (secondary N) is 1. The van der Waals surface area contributed by atoms with Crippen LogP contribution >= 0.6 is 0 Å². The molecule has 8 heteroatoms. The van der Waals surface area contributed by atoms with Gasteiger partial charge in [-0.2, -0.15) is 0 Å². The van der Waals surface area contributed by atoms with Crippen molar-refractivity contribution in [2.75, 3.05) is 24.5 Å². The van der Waals surface area contributed by atoms with Crippen LogP contribution in [0.1, 0.15) is 35.2 Å². The van der Waals surface area contributed by atoms with Gasteiger partial charge < -0.3 is 15.0 Å². The van der Waals surface area contributed by atoms with Gasteiger partial charge in [0.15, 0.2) is 0 Å². The van der Waals surface area contributed by atoms with E-state index in [1.54, 1.807) is 30.5 Å². The number of hydrogen-bond donors (Lipinski definition) is 1. The number of piperidine rings is 1. The lowest BCUT2D eigenvalue weighted by Gasteiger charge is -2.29. The maximum Gasteiger partial charge on any atom is 0.573 e. The average molecular weight is 393 g/mol. The van der Waals surface area contributed by atoms with E-state index in [2.05, 4.69) is 19.9 Å². The minimum absolute atomic E-state index is 0.203. The van der Waals surface area contributed by atoms with Crippen LogP contribution in [0.3, 0.4) is 0 Å². The van der Waals surface area contributed by atoms with E-state index in [0.29, 0.717) is 24.3 Å². The maximum atomic E-state index is 12.6. The van der Waals surface area contributed by atoms with Crippen molar-refractivity contribution >= 4 is 11.7 Å². The number of rotatable bonds is 6. The molecule has 1 saturated heterocycles. The van der Waals surface area contributed by atoms with Crippen LogP contribution in [0, 0.1) is 0 Å². The smallest absolute Gasteiger partial charge is 0.406 e. The zero-order chi connectivity index (χ0) is 20.0. The van der Waals surface area contributed by atoms with Gasteiger partial charge in [0.25, 0.3) is 5.91 Å². The van der Waals surface area contributed by atoms with Crippen molar-refractivity contribution in [2.24, 2.45) is 0 Å². The molecule has 2 heterocycles. The maximum absolute atomic E-state index is 12.6. The number of benzene rings is 1. The molecule has 1 aliphatic rings. The highest BCUT2D eigenvalue weighted by Crippen LogP contribution is 2.23. The predicted molar refractivity (Wildman–Crippen MR) is 99.5 cm³/mol. The van der Waals surface area contributed by atoms with Crippen molar-refractivity contribution in [3.63, 3.8) is 0 Å². The Morgan fingerprint density at radius 2 is 1.82 bits per heavy atom. The van der Waals surface area contributed by atoms with Gasteiger partial charge in [-0.1, -0.05) is 12.1 Å². The Labute approximate surface area is 161 Å². The van der Waals surface area contributed by atoms with Crippen molar-refractivity contribution < 1.29 is 22.7 Å². The standard InChI is InChI=1S/C20H22F3N3O2/c21-20(22,23)28-16-8-6-15(7-9-16)10-12-25-19(27)17-5-4-11-24-18(17)26-13-2-1-3-14-26/h4-9,11H,1-3,10,12-14H2,(H,25,27). The summed E-state index contributed by atoms with van der Waals surface area (Å²) in [5.41, 5.74) is 1.34. The number of carbonyl (C=O) groups is 1. The Morgan fingerprint density at radius 3 is 2.50 bits per heavy atom. The molecule has 150 valence electrons. The van der Waals surface area contributed by atoms with E-state index in [0.717, 1.165) is 31.5 Å². The molecule has 0 bridgehead atoms. The van der Waals surface area contributed by atoms with Crippen LogP contribution in [0.15, 0.2) is 42.6 Å². The Kier molecular flexibility index (Phi) is 6.38. The highest BCUT2D eigenvalue weighted by molar-refractivity contribution is 5.98. The molecule has 0 aliphatic carbocycles. The molecule has 1 aromatic carbocycles. The number of nitrogens with zero attached hydrogens (tertiary/aromatic N) is 2. The van der Waals surface area contributed by atoms with Crippen molar-refractivity contribution in [3.8, 4) is 5.75 Å². The molecule has 28 heavy (non-hydrogen) atoms. The van der Waals surface area contributed by atoms with E-state index in [1.807, 2.05) is 0 Å². The topological polar surface area (TPSA) is 54.5 Å². The lowest BCUT2D eigenvalue weighted by Crippen LogP contribution is -2.34. The van der Waals surface area contributed by atoms with Gasteiger partial charge in [-0.15, -0.1) is 13.2 Å². The molecule has 1 aliphatic heterocycles. The molecule has 5 nitrogen and oxygen atoms in total. The molecule has 0 unspecified atom stereocenters. The van der Waals surface area contributed by atoms with E-state index in [-0.39, 0.29) is 11.7 Å². The summed E-state index contributed by atoms with van der Waals surface area (Å²) in [6.07, 6.45) is 0.850. The highest BCUT2D eigenvalue weighted by Gasteiger charge is 2.30. The number of hydrogen-bond acceptors (Lipinski definition) is 4. The fourth-order valence-electron chi connectivity index (χ4n) is 3.21. The molecule has 1 N–H and O–H groups in total. The molecule has 0 spiro atoms. The fourth-order valence-corrected chi connectivity index (χ4v) is 3.21. The molecule has 0 atom stereocenters. The monoisotopic (exact) mass is 393 g/mol. The highest BCUT2D eigenvalue weighted by atomic mass is 19.4. The molecule has 3 rings (SSSR count). The quantitative estimate of drug-likeness (QED) is 0.808.